The molecule has 0 fully saturated rings. The highest BCUT2D eigenvalue weighted by Gasteiger charge is 2.11. The van der Waals surface area contributed by atoms with Crippen molar-refractivity contribution in [3.8, 4) is 22.2 Å². The Bertz CT molecular complexity index is 951. The number of thiophene rings is 1. The number of sulfone groups is 1. The van der Waals surface area contributed by atoms with E-state index < -0.39 is 9.84 Å². The fourth-order valence-corrected chi connectivity index (χ4v) is 3.40. The van der Waals surface area contributed by atoms with Crippen LogP contribution in [0.1, 0.15) is 0 Å². The summed E-state index contributed by atoms with van der Waals surface area (Å²) in [4.78, 5) is 9.94. The largest absolute Gasteiger partial charge is 0.507 e. The van der Waals surface area contributed by atoms with Gasteiger partial charge in [-0.05, 0) is 18.2 Å². The van der Waals surface area contributed by atoms with Crippen LogP contribution in [0.2, 0.25) is 0 Å². The smallest absolute Gasteiger partial charge is 0.317 e. The van der Waals surface area contributed by atoms with Gasteiger partial charge in [0.05, 0.1) is 5.75 Å². The Kier molecular flexibility index (Phi) is 4.18. The highest BCUT2D eigenvalue weighted by atomic mass is 32.2. The lowest BCUT2D eigenvalue weighted by Gasteiger charge is -2.02. The summed E-state index contributed by atoms with van der Waals surface area (Å²) in [6.07, 6.45) is 2.77. The molecule has 0 aliphatic carbocycles. The molecular formula is C15H14N2O4S2. The molecule has 0 bridgehead atoms. The third kappa shape index (κ3) is 3.77. The Morgan fingerprint density at radius 2 is 2.09 bits per heavy atom. The van der Waals surface area contributed by atoms with E-state index in [4.69, 9.17) is 4.74 Å². The van der Waals surface area contributed by atoms with E-state index in [9.17, 15) is 13.5 Å². The van der Waals surface area contributed by atoms with Crippen LogP contribution in [0.4, 0.5) is 0 Å². The molecule has 3 rings (SSSR count). The van der Waals surface area contributed by atoms with Gasteiger partial charge in [-0.3, -0.25) is 0 Å². The van der Waals surface area contributed by atoms with E-state index in [1.54, 1.807) is 18.3 Å². The first kappa shape index (κ1) is 15.7. The zero-order chi connectivity index (χ0) is 16.4. The van der Waals surface area contributed by atoms with E-state index in [1.165, 1.54) is 11.3 Å². The van der Waals surface area contributed by atoms with Crippen LogP contribution < -0.4 is 4.74 Å². The molecule has 0 aliphatic heterocycles. The van der Waals surface area contributed by atoms with Crippen LogP contribution in [-0.4, -0.2) is 42.1 Å². The van der Waals surface area contributed by atoms with Crippen LogP contribution in [-0.2, 0) is 9.84 Å². The number of nitrogens with zero attached hydrogens (tertiary/aromatic N) is 2. The van der Waals surface area contributed by atoms with Gasteiger partial charge in [-0.1, -0.05) is 12.1 Å². The predicted octanol–water partition coefficient (Wildman–Crippen LogP) is 2.49. The number of phenolic OH excluding ortho intramolecular Hbond substituents is 1. The van der Waals surface area contributed by atoms with E-state index >= 15 is 0 Å². The SMILES string of the molecule is CS(=O)(=O)CCOc1ncc2cc(-c3ccccc3O)sc2n1. The number of hydrogen-bond acceptors (Lipinski definition) is 7. The van der Waals surface area contributed by atoms with Gasteiger partial charge in [0.2, 0.25) is 0 Å². The molecule has 2 aromatic heterocycles. The molecule has 0 saturated heterocycles. The summed E-state index contributed by atoms with van der Waals surface area (Å²) in [6, 6.07) is 9.12. The van der Waals surface area contributed by atoms with Crippen LogP contribution >= 0.6 is 11.3 Å². The molecule has 120 valence electrons. The van der Waals surface area contributed by atoms with Gasteiger partial charge in [0.25, 0.3) is 0 Å². The number of rotatable bonds is 5. The maximum Gasteiger partial charge on any atom is 0.317 e. The molecule has 2 heterocycles. The van der Waals surface area contributed by atoms with Crippen LogP contribution in [0.5, 0.6) is 11.8 Å². The second kappa shape index (κ2) is 6.13. The van der Waals surface area contributed by atoms with Gasteiger partial charge in [-0.15, -0.1) is 11.3 Å². The van der Waals surface area contributed by atoms with Gasteiger partial charge in [-0.2, -0.15) is 4.98 Å². The highest BCUT2D eigenvalue weighted by molar-refractivity contribution is 7.90. The molecule has 0 amide bonds. The summed E-state index contributed by atoms with van der Waals surface area (Å²) in [5.41, 5.74) is 0.732. The summed E-state index contributed by atoms with van der Waals surface area (Å²) in [6.45, 7) is 0.0159. The molecule has 0 aliphatic rings. The first-order chi connectivity index (χ1) is 10.9. The Labute approximate surface area is 137 Å². The normalized spacial score (nSPS) is 11.7. The fraction of sp³-hybridized carbons (Fsp3) is 0.200. The molecule has 3 aromatic rings. The van der Waals surface area contributed by atoms with Gasteiger partial charge in [0.1, 0.15) is 17.2 Å². The molecule has 0 atom stereocenters. The van der Waals surface area contributed by atoms with Crippen molar-refractivity contribution >= 4 is 31.4 Å². The average Bonchev–Trinajstić information content (AvgIpc) is 2.89. The number of fused-ring (bicyclic) bond motifs is 1. The third-order valence-electron chi connectivity index (χ3n) is 3.11. The summed E-state index contributed by atoms with van der Waals surface area (Å²) in [7, 11) is -3.08. The van der Waals surface area contributed by atoms with Gasteiger partial charge in [-0.25, -0.2) is 13.4 Å². The number of aromatic hydroxyl groups is 1. The van der Waals surface area contributed by atoms with Gasteiger partial charge in [0, 0.05) is 28.3 Å². The molecular weight excluding hydrogens is 336 g/mol. The number of hydrogen-bond donors (Lipinski definition) is 1. The van der Waals surface area contributed by atoms with Gasteiger partial charge in [0.15, 0.2) is 9.84 Å². The van der Waals surface area contributed by atoms with E-state index in [1.807, 2.05) is 18.2 Å². The lowest BCUT2D eigenvalue weighted by molar-refractivity contribution is 0.315. The molecule has 23 heavy (non-hydrogen) atoms. The first-order valence-electron chi connectivity index (χ1n) is 6.78. The zero-order valence-electron chi connectivity index (χ0n) is 12.3. The highest BCUT2D eigenvalue weighted by Crippen LogP contribution is 2.37. The third-order valence-corrected chi connectivity index (χ3v) is 5.09. The Morgan fingerprint density at radius 1 is 1.30 bits per heavy atom. The monoisotopic (exact) mass is 350 g/mol. The lowest BCUT2D eigenvalue weighted by Crippen LogP contribution is -2.13. The Morgan fingerprint density at radius 3 is 2.83 bits per heavy atom. The topological polar surface area (TPSA) is 89.4 Å². The number of phenols is 1. The minimum atomic E-state index is -3.08. The first-order valence-corrected chi connectivity index (χ1v) is 9.65. The van der Waals surface area contributed by atoms with Crippen LogP contribution in [0.15, 0.2) is 36.5 Å². The maximum absolute atomic E-state index is 11.1. The molecule has 0 unspecified atom stereocenters. The van der Waals surface area contributed by atoms with Crippen LogP contribution in [0.25, 0.3) is 20.7 Å². The van der Waals surface area contributed by atoms with Crippen molar-refractivity contribution in [2.45, 2.75) is 0 Å². The van der Waals surface area contributed by atoms with Gasteiger partial charge < -0.3 is 9.84 Å². The molecule has 0 radical (unpaired) electrons. The fourth-order valence-electron chi connectivity index (χ4n) is 1.98. The molecule has 0 saturated carbocycles. The molecule has 1 N–H and O–H groups in total. The molecule has 0 spiro atoms. The van der Waals surface area contributed by atoms with Crippen molar-refractivity contribution in [1.82, 2.24) is 9.97 Å². The molecule has 6 nitrogen and oxygen atoms in total. The summed E-state index contributed by atoms with van der Waals surface area (Å²) < 4.78 is 27.5. The predicted molar refractivity (Wildman–Crippen MR) is 89.7 cm³/mol. The summed E-state index contributed by atoms with van der Waals surface area (Å²) >= 11 is 1.41. The molecule has 8 heteroatoms. The van der Waals surface area contributed by atoms with Crippen molar-refractivity contribution in [3.63, 3.8) is 0 Å². The zero-order valence-corrected chi connectivity index (χ0v) is 13.9. The second-order valence-corrected chi connectivity index (χ2v) is 8.31. The maximum atomic E-state index is 11.1. The van der Waals surface area contributed by atoms with Gasteiger partial charge >= 0.3 is 6.01 Å². The summed E-state index contributed by atoms with van der Waals surface area (Å²) in [5.74, 6) is 0.124. The van der Waals surface area contributed by atoms with Crippen LogP contribution in [0, 0.1) is 0 Å². The summed E-state index contributed by atoms with van der Waals surface area (Å²) in [5, 5.41) is 10.8. The lowest BCUT2D eigenvalue weighted by atomic mass is 10.1. The van der Waals surface area contributed by atoms with Crippen molar-refractivity contribution in [2.24, 2.45) is 0 Å². The number of para-hydroxylation sites is 1. The standard InChI is InChI=1S/C15H14N2O4S2/c1-23(19,20)7-6-21-15-16-9-10-8-13(22-14(10)17-15)11-4-2-3-5-12(11)18/h2-5,8-9,18H,6-7H2,1H3. The molecule has 1 aromatic carbocycles. The number of benzene rings is 1. The van der Waals surface area contributed by atoms with Crippen LogP contribution in [0.3, 0.4) is 0 Å². The number of aromatic nitrogens is 2. The van der Waals surface area contributed by atoms with Crippen molar-refractivity contribution in [3.05, 3.63) is 36.5 Å². The minimum absolute atomic E-state index is 0.0159. The van der Waals surface area contributed by atoms with E-state index in [2.05, 4.69) is 9.97 Å². The van der Waals surface area contributed by atoms with Crippen molar-refractivity contribution in [1.29, 1.82) is 0 Å². The quantitative estimate of drug-likeness (QED) is 0.760. The van der Waals surface area contributed by atoms with Crippen molar-refractivity contribution < 1.29 is 18.3 Å². The Balaban J connectivity index is 1.85. The Hall–Kier alpha value is -2.19. The van der Waals surface area contributed by atoms with Crippen molar-refractivity contribution in [2.75, 3.05) is 18.6 Å². The van der Waals surface area contributed by atoms with E-state index in [0.29, 0.717) is 4.83 Å². The average molecular weight is 350 g/mol. The number of ether oxygens (including phenoxy) is 1. The van der Waals surface area contributed by atoms with E-state index in [0.717, 1.165) is 22.1 Å². The minimum Gasteiger partial charge on any atom is -0.507 e. The second-order valence-electron chi connectivity index (χ2n) is 5.02. The van der Waals surface area contributed by atoms with E-state index in [-0.39, 0.29) is 24.1 Å².